The molecule has 15 heavy (non-hydrogen) atoms. The summed E-state index contributed by atoms with van der Waals surface area (Å²) in [5.74, 6) is 0.632. The van der Waals surface area contributed by atoms with Crippen molar-refractivity contribution in [3.63, 3.8) is 0 Å². The minimum absolute atomic E-state index is 0.432. The van der Waals surface area contributed by atoms with Crippen LogP contribution < -0.4 is 0 Å². The van der Waals surface area contributed by atoms with E-state index in [1.807, 2.05) is 0 Å². The molecule has 2 aliphatic rings. The van der Waals surface area contributed by atoms with Crippen LogP contribution in [-0.2, 0) is 9.47 Å². The molecule has 0 aromatic heterocycles. The highest BCUT2D eigenvalue weighted by molar-refractivity contribution is 4.81. The van der Waals surface area contributed by atoms with Crippen molar-refractivity contribution in [1.29, 1.82) is 0 Å². The Hall–Kier alpha value is -0.120. The average molecular weight is 213 g/mol. The average Bonchev–Trinajstić information content (AvgIpc) is 2.30. The number of morpholine rings is 1. The van der Waals surface area contributed by atoms with Gasteiger partial charge in [-0.2, -0.15) is 0 Å². The number of hydrogen-bond donors (Lipinski definition) is 0. The van der Waals surface area contributed by atoms with E-state index in [1.165, 1.54) is 12.8 Å². The quantitative estimate of drug-likeness (QED) is 0.694. The van der Waals surface area contributed by atoms with Gasteiger partial charge in [-0.15, -0.1) is 0 Å². The fourth-order valence-corrected chi connectivity index (χ4v) is 2.48. The molecule has 0 aromatic carbocycles. The maximum atomic E-state index is 5.79. The first-order chi connectivity index (χ1) is 7.27. The van der Waals surface area contributed by atoms with Crippen LogP contribution in [0, 0.1) is 5.92 Å². The second-order valence-corrected chi connectivity index (χ2v) is 4.99. The van der Waals surface area contributed by atoms with Crippen molar-refractivity contribution in [3.8, 4) is 0 Å². The predicted octanol–water partition coefficient (Wildman–Crippen LogP) is 1.52. The lowest BCUT2D eigenvalue weighted by Gasteiger charge is -2.41. The molecule has 0 spiro atoms. The summed E-state index contributed by atoms with van der Waals surface area (Å²) in [7, 11) is 0. The predicted molar refractivity (Wildman–Crippen MR) is 60.0 cm³/mol. The Morgan fingerprint density at radius 3 is 2.53 bits per heavy atom. The van der Waals surface area contributed by atoms with E-state index in [1.54, 1.807) is 0 Å². The van der Waals surface area contributed by atoms with Crippen LogP contribution in [0.3, 0.4) is 0 Å². The fourth-order valence-electron chi connectivity index (χ4n) is 2.48. The molecule has 0 N–H and O–H groups in total. The summed E-state index contributed by atoms with van der Waals surface area (Å²) in [5.41, 5.74) is 0. The zero-order valence-electron chi connectivity index (χ0n) is 9.95. The Bertz CT molecular complexity index is 190. The van der Waals surface area contributed by atoms with Crippen molar-refractivity contribution in [2.24, 2.45) is 5.92 Å². The molecule has 0 aliphatic carbocycles. The van der Waals surface area contributed by atoms with E-state index >= 15 is 0 Å². The Morgan fingerprint density at radius 1 is 1.13 bits per heavy atom. The number of rotatable bonds is 2. The zero-order valence-corrected chi connectivity index (χ0v) is 9.95. The number of nitrogens with zero attached hydrogens (tertiary/aromatic N) is 1. The Kier molecular flexibility index (Phi) is 4.00. The number of ether oxygens (including phenoxy) is 2. The standard InChI is InChI=1S/C12H23NO2/c1-10(2)12-9-13(5-8-15-12)11-3-6-14-7-4-11/h10-12H,3-9H2,1-2H3. The SMILES string of the molecule is CC(C)C1CN(C2CCOCC2)CCO1. The molecule has 0 saturated carbocycles. The van der Waals surface area contributed by atoms with E-state index in [9.17, 15) is 0 Å². The van der Waals surface area contributed by atoms with Crippen LogP contribution >= 0.6 is 0 Å². The van der Waals surface area contributed by atoms with Gasteiger partial charge in [-0.1, -0.05) is 13.8 Å². The molecule has 3 nitrogen and oxygen atoms in total. The molecule has 1 atom stereocenters. The topological polar surface area (TPSA) is 21.7 Å². The molecule has 2 rings (SSSR count). The van der Waals surface area contributed by atoms with Gasteiger partial charge in [-0.3, -0.25) is 4.90 Å². The second kappa shape index (κ2) is 5.28. The molecule has 2 heterocycles. The summed E-state index contributed by atoms with van der Waals surface area (Å²) in [6.07, 6.45) is 2.83. The van der Waals surface area contributed by atoms with Crippen molar-refractivity contribution < 1.29 is 9.47 Å². The van der Waals surface area contributed by atoms with Crippen molar-refractivity contribution in [2.75, 3.05) is 32.9 Å². The molecule has 0 radical (unpaired) electrons. The van der Waals surface area contributed by atoms with Crippen molar-refractivity contribution in [1.82, 2.24) is 4.90 Å². The summed E-state index contributed by atoms with van der Waals surface area (Å²) >= 11 is 0. The highest BCUT2D eigenvalue weighted by Crippen LogP contribution is 2.20. The van der Waals surface area contributed by atoms with Gasteiger partial charge in [0, 0.05) is 32.3 Å². The molecule has 0 amide bonds. The van der Waals surface area contributed by atoms with Crippen molar-refractivity contribution in [2.45, 2.75) is 38.8 Å². The number of hydrogen-bond acceptors (Lipinski definition) is 3. The molecule has 88 valence electrons. The molecular formula is C12H23NO2. The first-order valence-electron chi connectivity index (χ1n) is 6.21. The van der Waals surface area contributed by atoms with Gasteiger partial charge >= 0.3 is 0 Å². The van der Waals surface area contributed by atoms with Gasteiger partial charge < -0.3 is 9.47 Å². The second-order valence-electron chi connectivity index (χ2n) is 4.99. The molecule has 1 unspecified atom stereocenters. The maximum Gasteiger partial charge on any atom is 0.0725 e. The third-order valence-electron chi connectivity index (χ3n) is 3.58. The lowest BCUT2D eigenvalue weighted by molar-refractivity contribution is -0.0775. The Labute approximate surface area is 92.7 Å². The monoisotopic (exact) mass is 213 g/mol. The molecule has 2 saturated heterocycles. The molecule has 0 bridgehead atoms. The van der Waals surface area contributed by atoms with E-state index < -0.39 is 0 Å². The third kappa shape index (κ3) is 2.92. The van der Waals surface area contributed by atoms with Crippen molar-refractivity contribution in [3.05, 3.63) is 0 Å². The maximum absolute atomic E-state index is 5.79. The van der Waals surface area contributed by atoms with Gasteiger partial charge in [-0.05, 0) is 18.8 Å². The van der Waals surface area contributed by atoms with Crippen LogP contribution in [0.2, 0.25) is 0 Å². The van der Waals surface area contributed by atoms with Gasteiger partial charge in [0.2, 0.25) is 0 Å². The van der Waals surface area contributed by atoms with E-state index in [-0.39, 0.29) is 0 Å². The van der Waals surface area contributed by atoms with Gasteiger partial charge in [0.05, 0.1) is 12.7 Å². The van der Waals surface area contributed by atoms with E-state index in [2.05, 4.69) is 18.7 Å². The summed E-state index contributed by atoms with van der Waals surface area (Å²) in [6.45, 7) is 9.50. The van der Waals surface area contributed by atoms with Gasteiger partial charge in [0.25, 0.3) is 0 Å². The summed E-state index contributed by atoms with van der Waals surface area (Å²) in [5, 5.41) is 0. The highest BCUT2D eigenvalue weighted by Gasteiger charge is 2.28. The van der Waals surface area contributed by atoms with Crippen molar-refractivity contribution >= 4 is 0 Å². The van der Waals surface area contributed by atoms with Crippen LogP contribution in [0.5, 0.6) is 0 Å². The highest BCUT2D eigenvalue weighted by atomic mass is 16.5. The van der Waals surface area contributed by atoms with Crippen LogP contribution in [0.1, 0.15) is 26.7 Å². The normalized spacial score (nSPS) is 31.0. The lowest BCUT2D eigenvalue weighted by Crippen LogP contribution is -2.50. The first-order valence-corrected chi connectivity index (χ1v) is 6.21. The largest absolute Gasteiger partial charge is 0.381 e. The first kappa shape index (κ1) is 11.4. The van der Waals surface area contributed by atoms with Gasteiger partial charge in [0.15, 0.2) is 0 Å². The summed E-state index contributed by atoms with van der Waals surface area (Å²) in [6, 6.07) is 0.740. The smallest absolute Gasteiger partial charge is 0.0725 e. The minimum Gasteiger partial charge on any atom is -0.381 e. The van der Waals surface area contributed by atoms with E-state index in [0.717, 1.165) is 39.0 Å². The van der Waals surface area contributed by atoms with Gasteiger partial charge in [-0.25, -0.2) is 0 Å². The molecular weight excluding hydrogens is 190 g/mol. The Balaban J connectivity index is 1.85. The van der Waals surface area contributed by atoms with Crippen LogP contribution in [0.25, 0.3) is 0 Å². The zero-order chi connectivity index (χ0) is 10.7. The molecule has 3 heteroatoms. The minimum atomic E-state index is 0.432. The summed E-state index contributed by atoms with van der Waals surface area (Å²) in [4.78, 5) is 2.61. The van der Waals surface area contributed by atoms with E-state index in [4.69, 9.17) is 9.47 Å². The fraction of sp³-hybridized carbons (Fsp3) is 1.00. The Morgan fingerprint density at radius 2 is 1.87 bits per heavy atom. The van der Waals surface area contributed by atoms with Crippen LogP contribution in [0.15, 0.2) is 0 Å². The third-order valence-corrected chi connectivity index (χ3v) is 3.58. The molecule has 0 aromatic rings. The van der Waals surface area contributed by atoms with Crippen LogP contribution in [0.4, 0.5) is 0 Å². The summed E-state index contributed by atoms with van der Waals surface area (Å²) < 4.78 is 11.2. The molecule has 2 aliphatic heterocycles. The molecule has 2 fully saturated rings. The van der Waals surface area contributed by atoms with Crippen LogP contribution in [-0.4, -0.2) is 50.0 Å². The van der Waals surface area contributed by atoms with E-state index in [0.29, 0.717) is 12.0 Å². The lowest BCUT2D eigenvalue weighted by atomic mass is 10.0. The van der Waals surface area contributed by atoms with Gasteiger partial charge in [0.1, 0.15) is 0 Å².